The minimum atomic E-state index is -3.37. The molecule has 1 fully saturated rings. The van der Waals surface area contributed by atoms with E-state index in [1.165, 1.54) is 4.31 Å². The van der Waals surface area contributed by atoms with Crippen LogP contribution in [0.2, 0.25) is 0 Å². The second-order valence-electron chi connectivity index (χ2n) is 4.68. The van der Waals surface area contributed by atoms with Crippen molar-refractivity contribution in [3.05, 3.63) is 29.8 Å². The molecule has 1 atom stereocenters. The number of hydrogen-bond donors (Lipinski definition) is 0. The number of methoxy groups -OCH3 is 1. The molecule has 0 saturated carbocycles. The molecule has 0 N–H and O–H groups in total. The van der Waals surface area contributed by atoms with Gasteiger partial charge in [-0.25, -0.2) is 8.42 Å². The molecule has 1 heterocycles. The Labute approximate surface area is 109 Å². The molecule has 0 aromatic heterocycles. The summed E-state index contributed by atoms with van der Waals surface area (Å²) in [5, 5.41) is 0. The number of sulfonamides is 1. The Bertz CT molecular complexity index is 495. The van der Waals surface area contributed by atoms with E-state index in [0.717, 1.165) is 18.4 Å². The number of hydrogen-bond acceptors (Lipinski definition) is 3. The molecule has 0 radical (unpaired) electrons. The van der Waals surface area contributed by atoms with Gasteiger partial charge >= 0.3 is 0 Å². The summed E-state index contributed by atoms with van der Waals surface area (Å²) in [6.07, 6.45) is 1.79. The predicted molar refractivity (Wildman–Crippen MR) is 70.0 cm³/mol. The highest BCUT2D eigenvalue weighted by molar-refractivity contribution is 7.89. The van der Waals surface area contributed by atoms with Crippen LogP contribution in [0.15, 0.2) is 29.2 Å². The molecule has 1 unspecified atom stereocenters. The Hall–Kier alpha value is -0.910. The van der Waals surface area contributed by atoms with Gasteiger partial charge in [-0.05, 0) is 31.9 Å². The summed E-state index contributed by atoms with van der Waals surface area (Å²) in [5.41, 5.74) is 1.06. The smallest absolute Gasteiger partial charge is 0.243 e. The van der Waals surface area contributed by atoms with Gasteiger partial charge in [0, 0.05) is 20.2 Å². The zero-order valence-corrected chi connectivity index (χ0v) is 11.6. The van der Waals surface area contributed by atoms with Crippen LogP contribution >= 0.6 is 0 Å². The summed E-state index contributed by atoms with van der Waals surface area (Å²) < 4.78 is 31.6. The van der Waals surface area contributed by atoms with Crippen LogP contribution in [-0.2, 0) is 14.8 Å². The van der Waals surface area contributed by atoms with Crippen LogP contribution in [0.25, 0.3) is 0 Å². The number of piperidine rings is 1. The van der Waals surface area contributed by atoms with Crippen molar-refractivity contribution in [2.45, 2.75) is 30.8 Å². The first-order valence-electron chi connectivity index (χ1n) is 6.13. The molecule has 1 aromatic carbocycles. The minimum Gasteiger partial charge on any atom is -0.380 e. The van der Waals surface area contributed by atoms with Crippen LogP contribution in [0, 0.1) is 6.92 Å². The molecule has 100 valence electrons. The Balaban J connectivity index is 2.22. The zero-order valence-electron chi connectivity index (χ0n) is 10.8. The van der Waals surface area contributed by atoms with Crippen molar-refractivity contribution in [1.29, 1.82) is 0 Å². The number of nitrogens with zero attached hydrogens (tertiary/aromatic N) is 1. The minimum absolute atomic E-state index is 0.0129. The molecule has 4 nitrogen and oxygen atoms in total. The highest BCUT2D eigenvalue weighted by Crippen LogP contribution is 2.21. The molecule has 1 aliphatic heterocycles. The lowest BCUT2D eigenvalue weighted by molar-refractivity contribution is 0.0572. The highest BCUT2D eigenvalue weighted by Gasteiger charge is 2.29. The third-order valence-corrected chi connectivity index (χ3v) is 5.21. The Kier molecular flexibility index (Phi) is 4.04. The zero-order chi connectivity index (χ0) is 13.2. The maximum atomic E-state index is 12.4. The second-order valence-corrected chi connectivity index (χ2v) is 6.61. The fourth-order valence-electron chi connectivity index (χ4n) is 2.18. The van der Waals surface area contributed by atoms with Crippen molar-refractivity contribution < 1.29 is 13.2 Å². The Morgan fingerprint density at radius 2 is 1.94 bits per heavy atom. The molecule has 0 bridgehead atoms. The summed E-state index contributed by atoms with van der Waals surface area (Å²) >= 11 is 0. The SMILES string of the molecule is COC1CCCN(S(=O)(=O)c2ccc(C)cc2)C1. The normalized spacial score (nSPS) is 22.0. The average molecular weight is 269 g/mol. The van der Waals surface area contributed by atoms with E-state index < -0.39 is 10.0 Å². The Morgan fingerprint density at radius 1 is 1.28 bits per heavy atom. The molecular formula is C13H19NO3S. The molecule has 1 aromatic rings. The van der Waals surface area contributed by atoms with E-state index in [0.29, 0.717) is 18.0 Å². The molecule has 5 heteroatoms. The van der Waals surface area contributed by atoms with Gasteiger partial charge in [-0.1, -0.05) is 17.7 Å². The summed E-state index contributed by atoms with van der Waals surface area (Å²) in [6, 6.07) is 6.98. The van der Waals surface area contributed by atoms with Crippen molar-refractivity contribution in [3.63, 3.8) is 0 Å². The molecule has 2 rings (SSSR count). The van der Waals surface area contributed by atoms with Crippen molar-refractivity contribution in [2.24, 2.45) is 0 Å². The molecular weight excluding hydrogens is 250 g/mol. The molecule has 1 aliphatic rings. The fraction of sp³-hybridized carbons (Fsp3) is 0.538. The lowest BCUT2D eigenvalue weighted by atomic mass is 10.1. The van der Waals surface area contributed by atoms with Gasteiger partial charge < -0.3 is 4.74 Å². The van der Waals surface area contributed by atoms with Crippen LogP contribution < -0.4 is 0 Å². The average Bonchev–Trinajstić information content (AvgIpc) is 2.39. The lowest BCUT2D eigenvalue weighted by Crippen LogP contribution is -2.42. The molecule has 0 amide bonds. The summed E-state index contributed by atoms with van der Waals surface area (Å²) in [4.78, 5) is 0.366. The van der Waals surface area contributed by atoms with Crippen molar-refractivity contribution in [2.75, 3.05) is 20.2 Å². The van der Waals surface area contributed by atoms with Crippen LogP contribution in [0.5, 0.6) is 0 Å². The van der Waals surface area contributed by atoms with Gasteiger partial charge in [-0.3, -0.25) is 0 Å². The number of rotatable bonds is 3. The van der Waals surface area contributed by atoms with Gasteiger partial charge in [0.25, 0.3) is 0 Å². The third kappa shape index (κ3) is 2.74. The lowest BCUT2D eigenvalue weighted by Gasteiger charge is -2.31. The van der Waals surface area contributed by atoms with Gasteiger partial charge in [-0.15, -0.1) is 0 Å². The maximum Gasteiger partial charge on any atom is 0.243 e. The number of ether oxygens (including phenoxy) is 1. The van der Waals surface area contributed by atoms with E-state index in [1.807, 2.05) is 19.1 Å². The Morgan fingerprint density at radius 3 is 2.56 bits per heavy atom. The molecule has 0 aliphatic carbocycles. The van der Waals surface area contributed by atoms with Crippen LogP contribution in [0.4, 0.5) is 0 Å². The first-order chi connectivity index (χ1) is 8.54. The molecule has 0 spiro atoms. The van der Waals surface area contributed by atoms with E-state index in [9.17, 15) is 8.42 Å². The number of aryl methyl sites for hydroxylation is 1. The van der Waals surface area contributed by atoms with E-state index in [2.05, 4.69) is 0 Å². The van der Waals surface area contributed by atoms with Gasteiger partial charge in [0.2, 0.25) is 10.0 Å². The molecule has 1 saturated heterocycles. The number of benzene rings is 1. The van der Waals surface area contributed by atoms with E-state index in [1.54, 1.807) is 19.2 Å². The quantitative estimate of drug-likeness (QED) is 0.840. The van der Waals surface area contributed by atoms with Gasteiger partial charge in [-0.2, -0.15) is 4.31 Å². The monoisotopic (exact) mass is 269 g/mol. The first-order valence-corrected chi connectivity index (χ1v) is 7.57. The van der Waals surface area contributed by atoms with Crippen LogP contribution in [0.1, 0.15) is 18.4 Å². The van der Waals surface area contributed by atoms with Gasteiger partial charge in [0.1, 0.15) is 0 Å². The van der Waals surface area contributed by atoms with Crippen LogP contribution in [0.3, 0.4) is 0 Å². The predicted octanol–water partition coefficient (Wildman–Crippen LogP) is 1.79. The van der Waals surface area contributed by atoms with Crippen molar-refractivity contribution in [3.8, 4) is 0 Å². The van der Waals surface area contributed by atoms with E-state index in [4.69, 9.17) is 4.74 Å². The van der Waals surface area contributed by atoms with Crippen LogP contribution in [-0.4, -0.2) is 39.0 Å². The first kappa shape index (κ1) is 13.5. The maximum absolute atomic E-state index is 12.4. The topological polar surface area (TPSA) is 46.6 Å². The highest BCUT2D eigenvalue weighted by atomic mass is 32.2. The van der Waals surface area contributed by atoms with Crippen molar-refractivity contribution in [1.82, 2.24) is 4.31 Å². The summed E-state index contributed by atoms with van der Waals surface area (Å²) in [5.74, 6) is 0. The summed E-state index contributed by atoms with van der Waals surface area (Å²) in [7, 11) is -1.74. The van der Waals surface area contributed by atoms with Crippen molar-refractivity contribution >= 4 is 10.0 Å². The van der Waals surface area contributed by atoms with Gasteiger partial charge in [0.15, 0.2) is 0 Å². The van der Waals surface area contributed by atoms with E-state index >= 15 is 0 Å². The largest absolute Gasteiger partial charge is 0.380 e. The fourth-order valence-corrected chi connectivity index (χ4v) is 3.69. The standard InChI is InChI=1S/C13H19NO3S/c1-11-5-7-13(8-6-11)18(15,16)14-9-3-4-12(10-14)17-2/h5-8,12H,3-4,9-10H2,1-2H3. The second kappa shape index (κ2) is 5.38. The van der Waals surface area contributed by atoms with Gasteiger partial charge in [0.05, 0.1) is 11.0 Å². The molecule has 18 heavy (non-hydrogen) atoms. The summed E-state index contributed by atoms with van der Waals surface area (Å²) in [6.45, 7) is 2.97. The third-order valence-electron chi connectivity index (χ3n) is 3.33. The van der Waals surface area contributed by atoms with E-state index in [-0.39, 0.29) is 6.10 Å².